The van der Waals surface area contributed by atoms with Gasteiger partial charge >= 0.3 is 5.69 Å². The van der Waals surface area contributed by atoms with Gasteiger partial charge in [0.25, 0.3) is 5.56 Å². The molecule has 0 saturated carbocycles. The minimum atomic E-state index is -1.14. The maximum Gasteiger partial charge on any atom is 0.330 e. The zero-order chi connectivity index (χ0) is 29.7. The van der Waals surface area contributed by atoms with E-state index in [4.69, 9.17) is 9.47 Å². The highest BCUT2D eigenvalue weighted by molar-refractivity contribution is 5.82. The molecule has 4 fully saturated rings. The Labute approximate surface area is 245 Å². The number of pyridine rings is 1. The van der Waals surface area contributed by atoms with E-state index in [-0.39, 0.29) is 25.3 Å². The van der Waals surface area contributed by atoms with E-state index in [1.807, 2.05) is 35.4 Å². The number of aromatic amines is 1. The number of nitrogens with one attached hydrogen (secondary N) is 1. The van der Waals surface area contributed by atoms with Crippen LogP contribution in [0.2, 0.25) is 0 Å². The third-order valence-electron chi connectivity index (χ3n) is 9.04. The van der Waals surface area contributed by atoms with Crippen molar-refractivity contribution < 1.29 is 19.0 Å². The van der Waals surface area contributed by atoms with Crippen molar-refractivity contribution in [3.05, 3.63) is 99.5 Å². The highest BCUT2D eigenvalue weighted by Gasteiger charge is 2.45. The van der Waals surface area contributed by atoms with Crippen molar-refractivity contribution in [2.45, 2.75) is 56.6 Å². The van der Waals surface area contributed by atoms with Crippen molar-refractivity contribution in [2.24, 2.45) is 11.8 Å². The van der Waals surface area contributed by atoms with Crippen LogP contribution in [0.15, 0.2) is 71.2 Å². The molecule has 4 aliphatic heterocycles. The van der Waals surface area contributed by atoms with Crippen LogP contribution < -0.4 is 11.2 Å². The van der Waals surface area contributed by atoms with Gasteiger partial charge in [0.1, 0.15) is 17.9 Å². The molecule has 0 aliphatic carbocycles. The fraction of sp³-hybridized carbons (Fsp3) is 0.433. The first kappa shape index (κ1) is 27.8. The van der Waals surface area contributed by atoms with Gasteiger partial charge in [-0.2, -0.15) is 4.39 Å². The normalized spacial score (nSPS) is 28.9. The monoisotopic (exact) mass is 589 g/mol. The lowest BCUT2D eigenvalue weighted by molar-refractivity contribution is -0.262. The zero-order valence-electron chi connectivity index (χ0n) is 23.3. The summed E-state index contributed by atoms with van der Waals surface area (Å²) in [6.45, 7) is 6.45. The van der Waals surface area contributed by atoms with Crippen molar-refractivity contribution in [3.8, 4) is 0 Å². The third-order valence-corrected chi connectivity index (χ3v) is 9.04. The van der Waals surface area contributed by atoms with Crippen molar-refractivity contribution in [1.29, 1.82) is 0 Å². The highest BCUT2D eigenvalue weighted by atomic mass is 19.1. The molecule has 7 heterocycles. The molecule has 0 radical (unpaired) electrons. The van der Waals surface area contributed by atoms with Crippen LogP contribution in [-0.2, 0) is 22.6 Å². The van der Waals surface area contributed by atoms with Gasteiger partial charge in [-0.15, -0.1) is 11.7 Å². The van der Waals surface area contributed by atoms with Crippen LogP contribution in [-0.4, -0.2) is 70.9 Å². The number of hydrogen-bond donors (Lipinski definition) is 2. The Hall–Kier alpha value is -4.04. The summed E-state index contributed by atoms with van der Waals surface area (Å²) in [5, 5.41) is 20.1. The average molecular weight is 590 g/mol. The predicted octanol–water partition coefficient (Wildman–Crippen LogP) is 1.93. The van der Waals surface area contributed by atoms with E-state index in [0.717, 1.165) is 53.2 Å². The largest absolute Gasteiger partial charge is 0.386 e. The first-order valence-electron chi connectivity index (χ1n) is 14.4. The minimum Gasteiger partial charge on any atom is -0.386 e. The molecule has 6 unspecified atom stereocenters. The van der Waals surface area contributed by atoms with Gasteiger partial charge in [-0.25, -0.2) is 9.48 Å². The number of nitrogens with zero attached hydrogens (tertiary/aromatic N) is 6. The number of piperidine rings is 3. The molecular weight excluding hydrogens is 557 g/mol. The van der Waals surface area contributed by atoms with E-state index in [0.29, 0.717) is 17.5 Å². The van der Waals surface area contributed by atoms with Crippen molar-refractivity contribution in [2.75, 3.05) is 13.1 Å². The molecule has 13 heteroatoms. The van der Waals surface area contributed by atoms with Gasteiger partial charge in [0.15, 0.2) is 6.23 Å². The van der Waals surface area contributed by atoms with Crippen LogP contribution in [0.5, 0.6) is 0 Å². The van der Waals surface area contributed by atoms with Crippen LogP contribution in [0.4, 0.5) is 4.39 Å². The summed E-state index contributed by atoms with van der Waals surface area (Å²) in [6, 6.07) is 10.3. The number of aliphatic hydroxyl groups is 1. The summed E-state index contributed by atoms with van der Waals surface area (Å²) in [7, 11) is 0. The molecule has 12 nitrogen and oxygen atoms in total. The highest BCUT2D eigenvalue weighted by Crippen LogP contribution is 2.43. The predicted molar refractivity (Wildman–Crippen MR) is 152 cm³/mol. The third kappa shape index (κ3) is 5.12. The van der Waals surface area contributed by atoms with E-state index >= 15 is 0 Å². The van der Waals surface area contributed by atoms with Crippen LogP contribution >= 0.6 is 0 Å². The maximum atomic E-state index is 13.7. The summed E-state index contributed by atoms with van der Waals surface area (Å²) >= 11 is 0. The average Bonchev–Trinajstić information content (AvgIpc) is 3.48. The molecule has 224 valence electrons. The quantitative estimate of drug-likeness (QED) is 0.280. The van der Waals surface area contributed by atoms with Crippen LogP contribution in [0.1, 0.15) is 36.4 Å². The molecule has 8 rings (SSSR count). The van der Waals surface area contributed by atoms with Gasteiger partial charge in [0.2, 0.25) is 5.82 Å². The summed E-state index contributed by atoms with van der Waals surface area (Å²) in [5.74, 6) is -0.0738. The topological polar surface area (TPSA) is 140 Å². The fourth-order valence-electron chi connectivity index (χ4n) is 6.78. The number of aromatic nitrogens is 6. The van der Waals surface area contributed by atoms with Crippen LogP contribution in [0.3, 0.4) is 0 Å². The standard InChI is InChI=1S/C30H32FN7O5/c1-2-17-12-36-10-8-18(17)11-24(36)27(21-7-9-32-23-6-4-3-5-20(21)23)42-16-19-13-37(35-34-19)15-25-26(39)29(43-25)38-14-22(31)28(40)33-30(38)41/h2-7,9,13-14,17-18,24-27,29,39H,1,8,10-12,15-16H2,(H,33,40,41)/t17?,18?,24?,25?,26?,27-,29?/m1/s1. The second kappa shape index (κ2) is 11.2. The van der Waals surface area contributed by atoms with Gasteiger partial charge in [-0.3, -0.25) is 24.2 Å². The van der Waals surface area contributed by atoms with Crippen molar-refractivity contribution in [3.63, 3.8) is 0 Å². The Balaban J connectivity index is 1.06. The minimum absolute atomic E-state index is 0.157. The summed E-state index contributed by atoms with van der Waals surface area (Å²) < 4.78 is 28.4. The molecule has 2 N–H and O–H groups in total. The van der Waals surface area contributed by atoms with E-state index in [2.05, 4.69) is 38.9 Å². The number of para-hydroxylation sites is 1. The Morgan fingerprint density at radius 2 is 2.12 bits per heavy atom. The molecule has 43 heavy (non-hydrogen) atoms. The van der Waals surface area contributed by atoms with E-state index in [1.54, 1.807) is 6.20 Å². The van der Waals surface area contributed by atoms with Gasteiger partial charge in [-0.1, -0.05) is 29.5 Å². The molecule has 4 saturated heterocycles. The SMILES string of the molecule is C=CC1C[N@@]2CCC1CC2[C@H](OCc1cn(CC2OC(n3cc(F)c(=O)[nH]c3=O)C2O)nn1)c1ccnc2ccccc12. The molecule has 1 aromatic carbocycles. The fourth-order valence-corrected chi connectivity index (χ4v) is 6.78. The molecule has 0 spiro atoms. The van der Waals surface area contributed by atoms with Gasteiger partial charge < -0.3 is 14.6 Å². The van der Waals surface area contributed by atoms with Crippen molar-refractivity contribution >= 4 is 10.9 Å². The lowest BCUT2D eigenvalue weighted by Crippen LogP contribution is -2.55. The van der Waals surface area contributed by atoms with Crippen molar-refractivity contribution in [1.82, 2.24) is 34.4 Å². The molecule has 2 bridgehead atoms. The second-order valence-electron chi connectivity index (χ2n) is 11.5. The van der Waals surface area contributed by atoms with Gasteiger partial charge in [0, 0.05) is 24.2 Å². The molecule has 4 aromatic rings. The first-order valence-corrected chi connectivity index (χ1v) is 14.4. The molecule has 3 aromatic heterocycles. The number of halogens is 1. The number of rotatable bonds is 9. The zero-order valence-corrected chi connectivity index (χ0v) is 23.3. The first-order chi connectivity index (χ1) is 20.9. The molecule has 0 amide bonds. The summed E-state index contributed by atoms with van der Waals surface area (Å²) in [6.07, 6.45) is 5.41. The number of hydrogen-bond acceptors (Lipinski definition) is 9. The Morgan fingerprint density at radius 1 is 1.26 bits per heavy atom. The number of benzene rings is 1. The van der Waals surface area contributed by atoms with E-state index < -0.39 is 35.5 Å². The Bertz CT molecular complexity index is 1770. The Morgan fingerprint density at radius 3 is 2.91 bits per heavy atom. The second-order valence-corrected chi connectivity index (χ2v) is 11.5. The Kier molecular flexibility index (Phi) is 7.25. The maximum absolute atomic E-state index is 13.7. The summed E-state index contributed by atoms with van der Waals surface area (Å²) in [5.41, 5.74) is 0.638. The van der Waals surface area contributed by atoms with Gasteiger partial charge in [-0.05, 0) is 48.9 Å². The number of fused-ring (bicyclic) bond motifs is 4. The number of ether oxygens (including phenoxy) is 2. The molecule has 4 aliphatic rings. The smallest absolute Gasteiger partial charge is 0.330 e. The van der Waals surface area contributed by atoms with Crippen LogP contribution in [0, 0.1) is 17.7 Å². The van der Waals surface area contributed by atoms with Gasteiger partial charge in [0.05, 0.1) is 37.2 Å². The lowest BCUT2D eigenvalue weighted by Gasteiger charge is -2.51. The van der Waals surface area contributed by atoms with Crippen LogP contribution in [0.25, 0.3) is 10.9 Å². The molecular formula is C30H32FN7O5. The number of aliphatic hydroxyl groups excluding tert-OH is 1. The van der Waals surface area contributed by atoms with E-state index in [9.17, 15) is 19.1 Å². The number of H-pyrrole nitrogens is 1. The summed E-state index contributed by atoms with van der Waals surface area (Å²) in [4.78, 5) is 32.3. The molecule has 8 atom stereocenters. The lowest BCUT2D eigenvalue weighted by atomic mass is 9.73. The van der Waals surface area contributed by atoms with E-state index in [1.165, 1.54) is 4.68 Å².